The number of nitrogens with two attached hydrogens (primary N) is 1. The molecule has 0 spiro atoms. The Kier molecular flexibility index (Phi) is 1.96. The van der Waals surface area contributed by atoms with Crippen molar-refractivity contribution in [2.45, 2.75) is 13.0 Å². The van der Waals surface area contributed by atoms with Crippen LogP contribution in [0, 0.1) is 0 Å². The molecule has 2 heterocycles. The molecule has 0 bridgehead atoms. The zero-order valence-electron chi connectivity index (χ0n) is 7.03. The molecule has 1 fully saturated rings. The largest absolute Gasteiger partial charge is 0.397 e. The molecule has 1 aliphatic heterocycles. The zero-order valence-corrected chi connectivity index (χ0v) is 7.03. The Hall–Kier alpha value is -1.09. The number of likely N-dealkylation sites (tertiary alicyclic amines) is 1. The summed E-state index contributed by atoms with van der Waals surface area (Å²) in [5.74, 6) is 0. The maximum absolute atomic E-state index is 5.76. The van der Waals surface area contributed by atoms with Gasteiger partial charge in [0.25, 0.3) is 0 Å². The molecule has 2 N–H and O–H groups in total. The number of aromatic nitrogens is 1. The molecule has 0 amide bonds. The van der Waals surface area contributed by atoms with E-state index in [-0.39, 0.29) is 0 Å². The lowest BCUT2D eigenvalue weighted by atomic mass is 10.1. The van der Waals surface area contributed by atoms with Gasteiger partial charge in [0.2, 0.25) is 0 Å². The number of anilines is 1. The van der Waals surface area contributed by atoms with Crippen LogP contribution in [0.15, 0.2) is 18.5 Å². The first-order valence-corrected chi connectivity index (χ1v) is 4.27. The van der Waals surface area contributed by atoms with Gasteiger partial charge in [-0.1, -0.05) is 0 Å². The Morgan fingerprint density at radius 2 is 2.33 bits per heavy atom. The molecule has 1 aromatic rings. The molecule has 0 saturated carbocycles. The lowest BCUT2D eigenvalue weighted by Crippen LogP contribution is -2.36. The smallest absolute Gasteiger partial charge is 0.0546 e. The highest BCUT2D eigenvalue weighted by Gasteiger charge is 2.14. The molecule has 0 aromatic carbocycles. The lowest BCUT2D eigenvalue weighted by molar-refractivity contribution is 0.173. The van der Waals surface area contributed by atoms with Crippen molar-refractivity contribution in [3.63, 3.8) is 0 Å². The van der Waals surface area contributed by atoms with Crippen LogP contribution in [0.5, 0.6) is 0 Å². The Bertz CT molecular complexity index is 268. The minimum atomic E-state index is 0.810. The first-order chi connectivity index (χ1) is 5.86. The summed E-state index contributed by atoms with van der Waals surface area (Å²) >= 11 is 0. The van der Waals surface area contributed by atoms with E-state index in [1.807, 2.05) is 6.07 Å². The number of nitrogen functional groups attached to an aromatic ring is 1. The minimum Gasteiger partial charge on any atom is -0.397 e. The molecule has 2 rings (SSSR count). The Balaban J connectivity index is 2.06. The van der Waals surface area contributed by atoms with E-state index in [0.717, 1.165) is 12.2 Å². The summed E-state index contributed by atoms with van der Waals surface area (Å²) in [6.07, 6.45) is 4.84. The molecule has 1 aromatic heterocycles. The molecule has 1 aliphatic rings. The maximum Gasteiger partial charge on any atom is 0.0546 e. The fraction of sp³-hybridized carbons (Fsp3) is 0.444. The third kappa shape index (κ3) is 1.41. The monoisotopic (exact) mass is 163 g/mol. The summed E-state index contributed by atoms with van der Waals surface area (Å²) < 4.78 is 0. The molecular weight excluding hydrogens is 150 g/mol. The average molecular weight is 163 g/mol. The highest BCUT2D eigenvalue weighted by Crippen LogP contribution is 2.15. The highest BCUT2D eigenvalue weighted by atomic mass is 15.2. The second-order valence-electron chi connectivity index (χ2n) is 3.20. The second-order valence-corrected chi connectivity index (χ2v) is 3.20. The van der Waals surface area contributed by atoms with Gasteiger partial charge in [0.15, 0.2) is 0 Å². The second kappa shape index (κ2) is 3.11. The van der Waals surface area contributed by atoms with E-state index < -0.39 is 0 Å². The first kappa shape index (κ1) is 7.55. The molecule has 0 atom stereocenters. The van der Waals surface area contributed by atoms with Crippen LogP contribution in [0.2, 0.25) is 0 Å². The summed E-state index contributed by atoms with van der Waals surface area (Å²) in [5.41, 5.74) is 7.77. The standard InChI is InChI=1S/C9H13N3/c10-9-6-11-3-2-8(9)7-12-4-1-5-12/h2-3,6H,1,4-5,7,10H2. The maximum atomic E-state index is 5.76. The summed E-state index contributed by atoms with van der Waals surface area (Å²) in [4.78, 5) is 6.33. The van der Waals surface area contributed by atoms with Crippen molar-refractivity contribution in [1.82, 2.24) is 9.88 Å². The van der Waals surface area contributed by atoms with Crippen LogP contribution in [0.1, 0.15) is 12.0 Å². The van der Waals surface area contributed by atoms with Gasteiger partial charge in [-0.3, -0.25) is 9.88 Å². The minimum absolute atomic E-state index is 0.810. The lowest BCUT2D eigenvalue weighted by Gasteiger charge is -2.30. The van der Waals surface area contributed by atoms with Gasteiger partial charge in [-0.25, -0.2) is 0 Å². The summed E-state index contributed by atoms with van der Waals surface area (Å²) in [7, 11) is 0. The van der Waals surface area contributed by atoms with E-state index in [1.54, 1.807) is 12.4 Å². The van der Waals surface area contributed by atoms with Gasteiger partial charge in [0, 0.05) is 12.7 Å². The van der Waals surface area contributed by atoms with Crippen LogP contribution in [0.4, 0.5) is 5.69 Å². The van der Waals surface area contributed by atoms with Crippen molar-refractivity contribution >= 4 is 5.69 Å². The first-order valence-electron chi connectivity index (χ1n) is 4.27. The topological polar surface area (TPSA) is 42.1 Å². The van der Waals surface area contributed by atoms with Gasteiger partial charge in [0.05, 0.1) is 11.9 Å². The Morgan fingerprint density at radius 1 is 1.50 bits per heavy atom. The van der Waals surface area contributed by atoms with Crippen LogP contribution >= 0.6 is 0 Å². The summed E-state index contributed by atoms with van der Waals surface area (Å²) in [5, 5.41) is 0. The molecule has 3 heteroatoms. The van der Waals surface area contributed by atoms with Gasteiger partial charge in [-0.05, 0) is 31.1 Å². The van der Waals surface area contributed by atoms with Crippen molar-refractivity contribution < 1.29 is 0 Å². The summed E-state index contributed by atoms with van der Waals surface area (Å²) in [6, 6.07) is 1.99. The van der Waals surface area contributed by atoms with Crippen LogP contribution in [0.25, 0.3) is 0 Å². The highest BCUT2D eigenvalue weighted by molar-refractivity contribution is 5.43. The van der Waals surface area contributed by atoms with E-state index in [0.29, 0.717) is 0 Å². The van der Waals surface area contributed by atoms with Gasteiger partial charge in [-0.15, -0.1) is 0 Å². The van der Waals surface area contributed by atoms with E-state index in [1.165, 1.54) is 25.1 Å². The van der Waals surface area contributed by atoms with Crippen molar-refractivity contribution in [3.05, 3.63) is 24.0 Å². The normalized spacial score (nSPS) is 17.3. The van der Waals surface area contributed by atoms with Crippen molar-refractivity contribution in [3.8, 4) is 0 Å². The number of hydrogen-bond donors (Lipinski definition) is 1. The fourth-order valence-corrected chi connectivity index (χ4v) is 1.36. The number of hydrogen-bond acceptors (Lipinski definition) is 3. The molecule has 0 unspecified atom stereocenters. The molecule has 64 valence electrons. The van der Waals surface area contributed by atoms with Gasteiger partial charge in [0.1, 0.15) is 0 Å². The Labute approximate surface area is 72.2 Å². The van der Waals surface area contributed by atoms with E-state index >= 15 is 0 Å². The molecule has 0 aliphatic carbocycles. The fourth-order valence-electron chi connectivity index (χ4n) is 1.36. The van der Waals surface area contributed by atoms with Gasteiger partial charge >= 0.3 is 0 Å². The molecular formula is C9H13N3. The quantitative estimate of drug-likeness (QED) is 0.703. The molecule has 0 radical (unpaired) electrons. The van der Waals surface area contributed by atoms with E-state index in [4.69, 9.17) is 5.73 Å². The van der Waals surface area contributed by atoms with E-state index in [2.05, 4.69) is 9.88 Å². The predicted molar refractivity (Wildman–Crippen MR) is 48.5 cm³/mol. The zero-order chi connectivity index (χ0) is 8.39. The van der Waals surface area contributed by atoms with Gasteiger partial charge < -0.3 is 5.73 Å². The predicted octanol–water partition coefficient (Wildman–Crippen LogP) is 0.870. The molecule has 3 nitrogen and oxygen atoms in total. The van der Waals surface area contributed by atoms with Crippen LogP contribution in [-0.4, -0.2) is 23.0 Å². The average Bonchev–Trinajstić information content (AvgIpc) is 2.00. The van der Waals surface area contributed by atoms with E-state index in [9.17, 15) is 0 Å². The Morgan fingerprint density at radius 3 is 2.92 bits per heavy atom. The van der Waals surface area contributed by atoms with Gasteiger partial charge in [-0.2, -0.15) is 0 Å². The van der Waals surface area contributed by atoms with Crippen molar-refractivity contribution in [1.29, 1.82) is 0 Å². The van der Waals surface area contributed by atoms with Crippen LogP contribution in [0.3, 0.4) is 0 Å². The SMILES string of the molecule is Nc1cnccc1CN1CCC1. The van der Waals surface area contributed by atoms with Crippen LogP contribution in [-0.2, 0) is 6.54 Å². The number of rotatable bonds is 2. The van der Waals surface area contributed by atoms with Crippen molar-refractivity contribution in [2.24, 2.45) is 0 Å². The third-order valence-electron chi connectivity index (χ3n) is 2.29. The summed E-state index contributed by atoms with van der Waals surface area (Å²) in [6.45, 7) is 3.40. The number of pyridine rings is 1. The molecule has 12 heavy (non-hydrogen) atoms. The molecule has 1 saturated heterocycles. The van der Waals surface area contributed by atoms with Crippen molar-refractivity contribution in [2.75, 3.05) is 18.8 Å². The third-order valence-corrected chi connectivity index (χ3v) is 2.29. The van der Waals surface area contributed by atoms with Crippen LogP contribution < -0.4 is 5.73 Å². The number of nitrogens with zero attached hydrogens (tertiary/aromatic N) is 2.